The maximum Gasteiger partial charge on any atom is 0.224 e. The van der Waals surface area contributed by atoms with E-state index in [-0.39, 0.29) is 11.9 Å². The Labute approximate surface area is 118 Å². The molecule has 1 N–H and O–H groups in total. The zero-order valence-electron chi connectivity index (χ0n) is 11.6. The Hall–Kier alpha value is -1.61. The average molecular weight is 273 g/mol. The molecule has 2 rings (SSSR count). The fourth-order valence-corrected chi connectivity index (χ4v) is 2.73. The molecule has 1 amide bonds. The van der Waals surface area contributed by atoms with E-state index < -0.39 is 0 Å². The predicted octanol–water partition coefficient (Wildman–Crippen LogP) is 3.78. The van der Waals surface area contributed by atoms with Crippen molar-refractivity contribution in [3.63, 3.8) is 0 Å². The lowest BCUT2D eigenvalue weighted by atomic mass is 10.0. The van der Waals surface area contributed by atoms with Crippen LogP contribution in [0.2, 0.25) is 0 Å². The van der Waals surface area contributed by atoms with Gasteiger partial charge >= 0.3 is 0 Å². The molecule has 0 fully saturated rings. The number of thiophene rings is 1. The normalized spacial score (nSPS) is 12.2. The van der Waals surface area contributed by atoms with Gasteiger partial charge in [-0.05, 0) is 48.9 Å². The molecule has 0 bridgehead atoms. The number of rotatable bonds is 4. The second-order valence-electron chi connectivity index (χ2n) is 4.90. The van der Waals surface area contributed by atoms with Crippen molar-refractivity contribution in [1.29, 1.82) is 0 Å². The minimum Gasteiger partial charge on any atom is -0.348 e. The zero-order chi connectivity index (χ0) is 13.8. The van der Waals surface area contributed by atoms with E-state index in [1.54, 1.807) is 11.3 Å². The highest BCUT2D eigenvalue weighted by Crippen LogP contribution is 2.18. The van der Waals surface area contributed by atoms with Gasteiger partial charge in [-0.25, -0.2) is 0 Å². The summed E-state index contributed by atoms with van der Waals surface area (Å²) >= 11 is 1.67. The molecular formula is C16H19NOS. The third-order valence-corrected chi connectivity index (χ3v) is 4.34. The van der Waals surface area contributed by atoms with Crippen LogP contribution in [-0.4, -0.2) is 5.91 Å². The lowest BCUT2D eigenvalue weighted by Gasteiger charge is -2.12. The number of nitrogens with one attached hydrogen (secondary N) is 1. The summed E-state index contributed by atoms with van der Waals surface area (Å²) in [4.78, 5) is 13.2. The van der Waals surface area contributed by atoms with Gasteiger partial charge < -0.3 is 5.32 Å². The van der Waals surface area contributed by atoms with Crippen LogP contribution in [0.1, 0.15) is 34.5 Å². The molecule has 19 heavy (non-hydrogen) atoms. The summed E-state index contributed by atoms with van der Waals surface area (Å²) < 4.78 is 0. The van der Waals surface area contributed by atoms with Crippen LogP contribution < -0.4 is 5.32 Å². The molecule has 2 nitrogen and oxygen atoms in total. The molecule has 0 aliphatic rings. The van der Waals surface area contributed by atoms with Crippen molar-refractivity contribution in [3.8, 4) is 0 Å². The molecular weight excluding hydrogens is 254 g/mol. The van der Waals surface area contributed by atoms with E-state index in [1.165, 1.54) is 16.0 Å². The van der Waals surface area contributed by atoms with Crippen LogP contribution in [0.3, 0.4) is 0 Å². The van der Waals surface area contributed by atoms with Crippen LogP contribution in [-0.2, 0) is 11.2 Å². The van der Waals surface area contributed by atoms with E-state index in [0.29, 0.717) is 6.42 Å². The van der Waals surface area contributed by atoms with E-state index in [0.717, 1.165) is 5.56 Å². The summed E-state index contributed by atoms with van der Waals surface area (Å²) in [5.74, 6) is 0.0733. The Kier molecular flexibility index (Phi) is 4.38. The molecule has 3 heteroatoms. The van der Waals surface area contributed by atoms with Crippen LogP contribution in [0.4, 0.5) is 0 Å². The largest absolute Gasteiger partial charge is 0.348 e. The first-order valence-electron chi connectivity index (χ1n) is 6.45. The topological polar surface area (TPSA) is 29.1 Å². The molecule has 1 aromatic carbocycles. The van der Waals surface area contributed by atoms with Gasteiger partial charge in [0.1, 0.15) is 0 Å². The molecule has 0 saturated heterocycles. The molecule has 0 aliphatic carbocycles. The van der Waals surface area contributed by atoms with Crippen LogP contribution in [0, 0.1) is 13.8 Å². The predicted molar refractivity (Wildman–Crippen MR) is 80.5 cm³/mol. The van der Waals surface area contributed by atoms with Crippen molar-refractivity contribution in [2.45, 2.75) is 33.2 Å². The zero-order valence-corrected chi connectivity index (χ0v) is 12.4. The second-order valence-corrected chi connectivity index (χ2v) is 5.88. The Balaban J connectivity index is 1.95. The first-order valence-corrected chi connectivity index (χ1v) is 7.33. The van der Waals surface area contributed by atoms with E-state index in [4.69, 9.17) is 0 Å². The summed E-state index contributed by atoms with van der Waals surface area (Å²) in [5.41, 5.74) is 3.56. The van der Waals surface area contributed by atoms with Crippen molar-refractivity contribution in [2.75, 3.05) is 0 Å². The van der Waals surface area contributed by atoms with Crippen LogP contribution >= 0.6 is 11.3 Å². The van der Waals surface area contributed by atoms with Crippen molar-refractivity contribution in [2.24, 2.45) is 0 Å². The lowest BCUT2D eigenvalue weighted by molar-refractivity contribution is -0.121. The van der Waals surface area contributed by atoms with Crippen molar-refractivity contribution < 1.29 is 4.79 Å². The first-order chi connectivity index (χ1) is 9.06. The Morgan fingerprint density at radius 3 is 2.68 bits per heavy atom. The number of aryl methyl sites for hydroxylation is 2. The summed E-state index contributed by atoms with van der Waals surface area (Å²) in [6.45, 7) is 6.17. The molecule has 2 aromatic rings. The third kappa shape index (κ3) is 3.67. The first kappa shape index (κ1) is 13.8. The fourth-order valence-electron chi connectivity index (χ4n) is 2.00. The van der Waals surface area contributed by atoms with Gasteiger partial charge in [0.05, 0.1) is 12.5 Å². The molecule has 0 radical (unpaired) electrons. The van der Waals surface area contributed by atoms with Gasteiger partial charge in [0.15, 0.2) is 0 Å². The monoisotopic (exact) mass is 273 g/mol. The van der Waals surface area contributed by atoms with E-state index >= 15 is 0 Å². The van der Waals surface area contributed by atoms with Gasteiger partial charge in [-0.1, -0.05) is 24.3 Å². The Morgan fingerprint density at radius 2 is 2.05 bits per heavy atom. The van der Waals surface area contributed by atoms with Gasteiger partial charge in [-0.2, -0.15) is 0 Å². The van der Waals surface area contributed by atoms with Gasteiger partial charge in [0, 0.05) is 4.88 Å². The fraction of sp³-hybridized carbons (Fsp3) is 0.312. The molecule has 1 heterocycles. The minimum absolute atomic E-state index is 0.0733. The van der Waals surface area contributed by atoms with Crippen LogP contribution in [0.5, 0.6) is 0 Å². The highest BCUT2D eigenvalue weighted by molar-refractivity contribution is 7.10. The summed E-state index contributed by atoms with van der Waals surface area (Å²) in [6.07, 6.45) is 0.441. The molecule has 100 valence electrons. The number of hydrogen-bond acceptors (Lipinski definition) is 2. The number of carbonyl (C=O) groups excluding carboxylic acids is 1. The number of hydrogen-bond donors (Lipinski definition) is 1. The molecule has 0 saturated carbocycles. The highest BCUT2D eigenvalue weighted by atomic mass is 32.1. The maximum atomic E-state index is 12.0. The minimum atomic E-state index is 0.0733. The Bertz CT molecular complexity index is 560. The molecule has 1 atom stereocenters. The number of amides is 1. The third-order valence-electron chi connectivity index (χ3n) is 3.28. The number of benzene rings is 1. The SMILES string of the molecule is Cc1ccc(CC(=O)N[C@H](C)c2cccs2)cc1C. The maximum absolute atomic E-state index is 12.0. The smallest absolute Gasteiger partial charge is 0.224 e. The summed E-state index contributed by atoms with van der Waals surface area (Å²) in [6, 6.07) is 10.3. The van der Waals surface area contributed by atoms with Crippen LogP contribution in [0.15, 0.2) is 35.7 Å². The van der Waals surface area contributed by atoms with Crippen molar-refractivity contribution in [1.82, 2.24) is 5.32 Å². The Morgan fingerprint density at radius 1 is 1.26 bits per heavy atom. The lowest BCUT2D eigenvalue weighted by Crippen LogP contribution is -2.27. The van der Waals surface area contributed by atoms with Gasteiger partial charge in [0.25, 0.3) is 0 Å². The second kappa shape index (κ2) is 6.02. The molecule has 0 spiro atoms. The van der Waals surface area contributed by atoms with Crippen molar-refractivity contribution >= 4 is 17.2 Å². The number of carbonyl (C=O) groups is 1. The highest BCUT2D eigenvalue weighted by Gasteiger charge is 2.11. The summed E-state index contributed by atoms with van der Waals surface area (Å²) in [5, 5.41) is 5.07. The average Bonchev–Trinajstić information content (AvgIpc) is 2.87. The van der Waals surface area contributed by atoms with Gasteiger partial charge in [-0.3, -0.25) is 4.79 Å². The quantitative estimate of drug-likeness (QED) is 0.902. The van der Waals surface area contributed by atoms with E-state index in [2.05, 4.69) is 31.3 Å². The van der Waals surface area contributed by atoms with Crippen molar-refractivity contribution in [3.05, 3.63) is 57.3 Å². The van der Waals surface area contributed by atoms with E-state index in [9.17, 15) is 4.79 Å². The molecule has 0 aliphatic heterocycles. The molecule has 1 aromatic heterocycles. The summed E-state index contributed by atoms with van der Waals surface area (Å²) in [7, 11) is 0. The standard InChI is InChI=1S/C16H19NOS/c1-11-6-7-14(9-12(11)2)10-16(18)17-13(3)15-5-4-8-19-15/h4-9,13H,10H2,1-3H3,(H,17,18)/t13-/m1/s1. The van der Waals surface area contributed by atoms with Gasteiger partial charge in [0.2, 0.25) is 5.91 Å². The van der Waals surface area contributed by atoms with E-state index in [1.807, 2.05) is 30.5 Å². The molecule has 0 unspecified atom stereocenters. The van der Waals surface area contributed by atoms with Crippen LogP contribution in [0.25, 0.3) is 0 Å². The van der Waals surface area contributed by atoms with Gasteiger partial charge in [-0.15, -0.1) is 11.3 Å².